The van der Waals surface area contributed by atoms with Gasteiger partial charge in [0, 0.05) is 6.08 Å². The Morgan fingerprint density at radius 1 is 1.00 bits per heavy atom. The lowest BCUT2D eigenvalue weighted by Gasteiger charge is -2.10. The molecule has 0 spiro atoms. The molecular formula is C21H17FN2O3. The zero-order valence-corrected chi connectivity index (χ0v) is 14.3. The Balaban J connectivity index is 1.65. The van der Waals surface area contributed by atoms with Crippen LogP contribution in [0.25, 0.3) is 6.08 Å². The zero-order valence-electron chi connectivity index (χ0n) is 14.3. The molecule has 0 aliphatic carbocycles. The summed E-state index contributed by atoms with van der Waals surface area (Å²) in [7, 11) is 0. The zero-order chi connectivity index (χ0) is 19.1. The van der Waals surface area contributed by atoms with Crippen LogP contribution in [0.1, 0.15) is 21.7 Å². The number of carbonyl (C=O) groups excluding carboxylic acids is 2. The Morgan fingerprint density at radius 3 is 2.52 bits per heavy atom. The topological polar surface area (TPSA) is 71.3 Å². The van der Waals surface area contributed by atoms with E-state index in [0.29, 0.717) is 22.6 Å². The Morgan fingerprint density at radius 2 is 1.78 bits per heavy atom. The van der Waals surface area contributed by atoms with Gasteiger partial charge in [-0.3, -0.25) is 9.59 Å². The molecule has 0 fully saturated rings. The number of anilines is 1. The van der Waals surface area contributed by atoms with Crippen LogP contribution in [0.4, 0.5) is 10.1 Å². The van der Waals surface area contributed by atoms with Gasteiger partial charge in [-0.05, 0) is 48.0 Å². The van der Waals surface area contributed by atoms with Gasteiger partial charge in [0.1, 0.15) is 11.6 Å². The van der Waals surface area contributed by atoms with Crippen LogP contribution in [0, 0.1) is 5.82 Å². The molecule has 6 heteroatoms. The summed E-state index contributed by atoms with van der Waals surface area (Å²) in [5.74, 6) is -0.436. The first-order valence-electron chi connectivity index (χ1n) is 8.26. The van der Waals surface area contributed by atoms with Crippen molar-refractivity contribution in [1.82, 2.24) is 5.32 Å². The van der Waals surface area contributed by atoms with Crippen LogP contribution in [0.2, 0.25) is 0 Å². The summed E-state index contributed by atoms with van der Waals surface area (Å²) in [6.45, 7) is 0.249. The van der Waals surface area contributed by atoms with Crippen molar-refractivity contribution in [1.29, 1.82) is 0 Å². The minimum absolute atomic E-state index is 0.249. The largest absolute Gasteiger partial charge is 0.467 e. The van der Waals surface area contributed by atoms with Crippen LogP contribution >= 0.6 is 0 Å². The molecule has 0 aliphatic heterocycles. The molecule has 0 saturated carbocycles. The van der Waals surface area contributed by atoms with Crippen LogP contribution in [-0.4, -0.2) is 11.8 Å². The maximum absolute atomic E-state index is 12.9. The minimum Gasteiger partial charge on any atom is -0.467 e. The van der Waals surface area contributed by atoms with E-state index in [2.05, 4.69) is 10.6 Å². The molecule has 2 N–H and O–H groups in total. The van der Waals surface area contributed by atoms with Crippen molar-refractivity contribution < 1.29 is 18.4 Å². The number of halogens is 1. The van der Waals surface area contributed by atoms with Gasteiger partial charge in [0.05, 0.1) is 24.1 Å². The van der Waals surface area contributed by atoms with Crippen molar-refractivity contribution in [3.63, 3.8) is 0 Å². The van der Waals surface area contributed by atoms with Gasteiger partial charge in [-0.25, -0.2) is 4.39 Å². The van der Waals surface area contributed by atoms with E-state index in [1.54, 1.807) is 54.6 Å². The third-order valence-corrected chi connectivity index (χ3v) is 3.73. The van der Waals surface area contributed by atoms with E-state index in [1.165, 1.54) is 24.5 Å². The number of benzene rings is 2. The number of furan rings is 1. The highest BCUT2D eigenvalue weighted by molar-refractivity contribution is 6.07. The molecule has 1 heterocycles. The fourth-order valence-electron chi connectivity index (χ4n) is 2.39. The van der Waals surface area contributed by atoms with E-state index in [4.69, 9.17) is 4.42 Å². The monoisotopic (exact) mass is 364 g/mol. The summed E-state index contributed by atoms with van der Waals surface area (Å²) in [6.07, 6.45) is 4.42. The lowest BCUT2D eigenvalue weighted by atomic mass is 10.1. The van der Waals surface area contributed by atoms with Crippen LogP contribution < -0.4 is 10.6 Å². The van der Waals surface area contributed by atoms with Crippen molar-refractivity contribution in [2.24, 2.45) is 0 Å². The van der Waals surface area contributed by atoms with Crippen molar-refractivity contribution in [3.8, 4) is 0 Å². The molecule has 0 saturated heterocycles. The number of para-hydroxylation sites is 1. The lowest BCUT2D eigenvalue weighted by molar-refractivity contribution is -0.111. The number of hydrogen-bond donors (Lipinski definition) is 2. The van der Waals surface area contributed by atoms with Gasteiger partial charge in [-0.2, -0.15) is 0 Å². The van der Waals surface area contributed by atoms with Gasteiger partial charge < -0.3 is 15.1 Å². The predicted molar refractivity (Wildman–Crippen MR) is 100 cm³/mol. The van der Waals surface area contributed by atoms with E-state index in [9.17, 15) is 14.0 Å². The maximum atomic E-state index is 12.9. The van der Waals surface area contributed by atoms with Crippen LogP contribution in [-0.2, 0) is 11.3 Å². The van der Waals surface area contributed by atoms with Crippen molar-refractivity contribution in [2.45, 2.75) is 6.54 Å². The molecule has 1 aromatic heterocycles. The summed E-state index contributed by atoms with van der Waals surface area (Å²) in [5, 5.41) is 5.42. The second-order valence-corrected chi connectivity index (χ2v) is 5.68. The second-order valence-electron chi connectivity index (χ2n) is 5.68. The summed E-state index contributed by atoms with van der Waals surface area (Å²) in [6, 6.07) is 16.0. The smallest absolute Gasteiger partial charge is 0.253 e. The number of rotatable bonds is 6. The van der Waals surface area contributed by atoms with Gasteiger partial charge in [0.2, 0.25) is 5.91 Å². The number of carbonyl (C=O) groups is 2. The number of nitrogens with one attached hydrogen (secondary N) is 2. The van der Waals surface area contributed by atoms with Crippen LogP contribution in [0.15, 0.2) is 77.4 Å². The van der Waals surface area contributed by atoms with Gasteiger partial charge in [0.25, 0.3) is 5.91 Å². The highest BCUT2D eigenvalue weighted by Crippen LogP contribution is 2.15. The molecule has 3 aromatic rings. The van der Waals surface area contributed by atoms with Gasteiger partial charge in [-0.1, -0.05) is 24.3 Å². The average Bonchev–Trinajstić information content (AvgIpc) is 3.20. The third-order valence-electron chi connectivity index (χ3n) is 3.73. The van der Waals surface area contributed by atoms with E-state index >= 15 is 0 Å². The average molecular weight is 364 g/mol. The molecule has 136 valence electrons. The molecule has 2 aromatic carbocycles. The normalized spacial score (nSPS) is 10.7. The highest BCUT2D eigenvalue weighted by atomic mass is 19.1. The van der Waals surface area contributed by atoms with Crippen molar-refractivity contribution in [2.75, 3.05) is 5.32 Å². The number of amides is 2. The lowest BCUT2D eigenvalue weighted by Crippen LogP contribution is -2.24. The molecule has 0 aliphatic rings. The van der Waals surface area contributed by atoms with Crippen molar-refractivity contribution in [3.05, 3.63) is 95.7 Å². The summed E-state index contributed by atoms with van der Waals surface area (Å²) < 4.78 is 18.1. The molecule has 0 bridgehead atoms. The summed E-state index contributed by atoms with van der Waals surface area (Å²) >= 11 is 0. The van der Waals surface area contributed by atoms with Gasteiger partial charge in [0.15, 0.2) is 0 Å². The molecule has 3 rings (SSSR count). The maximum Gasteiger partial charge on any atom is 0.253 e. The summed E-state index contributed by atoms with van der Waals surface area (Å²) in [4.78, 5) is 24.5. The molecule has 0 unspecified atom stereocenters. The SMILES string of the molecule is O=C(/C=C/c1ccc(F)cc1)Nc1ccccc1C(=O)NCc1ccco1. The van der Waals surface area contributed by atoms with E-state index < -0.39 is 5.91 Å². The minimum atomic E-state index is -0.398. The molecule has 2 amide bonds. The highest BCUT2D eigenvalue weighted by Gasteiger charge is 2.12. The van der Waals surface area contributed by atoms with E-state index in [0.717, 1.165) is 0 Å². The molecule has 27 heavy (non-hydrogen) atoms. The molecule has 5 nitrogen and oxygen atoms in total. The number of hydrogen-bond acceptors (Lipinski definition) is 3. The van der Waals surface area contributed by atoms with E-state index in [-0.39, 0.29) is 18.3 Å². The Labute approximate surface area is 155 Å². The quantitative estimate of drug-likeness (QED) is 0.650. The molecule has 0 atom stereocenters. The Hall–Kier alpha value is -3.67. The van der Waals surface area contributed by atoms with E-state index in [1.807, 2.05) is 0 Å². The first-order chi connectivity index (χ1) is 13.1. The van der Waals surface area contributed by atoms with Gasteiger partial charge in [-0.15, -0.1) is 0 Å². The molecular weight excluding hydrogens is 347 g/mol. The fourth-order valence-corrected chi connectivity index (χ4v) is 2.39. The summed E-state index contributed by atoms with van der Waals surface area (Å²) in [5.41, 5.74) is 1.42. The first kappa shape index (κ1) is 18.1. The second kappa shape index (κ2) is 8.62. The first-order valence-corrected chi connectivity index (χ1v) is 8.26. The Bertz CT molecular complexity index is 948. The molecule has 0 radical (unpaired) electrons. The van der Waals surface area contributed by atoms with Crippen molar-refractivity contribution >= 4 is 23.6 Å². The van der Waals surface area contributed by atoms with Gasteiger partial charge >= 0.3 is 0 Å². The third kappa shape index (κ3) is 5.15. The Kier molecular flexibility index (Phi) is 5.79. The predicted octanol–water partition coefficient (Wildman–Crippen LogP) is 4.00. The van der Waals surface area contributed by atoms with Crippen LogP contribution in [0.5, 0.6) is 0 Å². The standard InChI is InChI=1S/C21H17FN2O3/c22-16-10-7-15(8-11-16)9-12-20(25)24-19-6-2-1-5-18(19)21(26)23-14-17-4-3-13-27-17/h1-13H,14H2,(H,23,26)(H,24,25)/b12-9+. The fraction of sp³-hybridized carbons (Fsp3) is 0.0476. The van der Waals surface area contributed by atoms with Crippen LogP contribution in [0.3, 0.4) is 0 Å².